The lowest BCUT2D eigenvalue weighted by molar-refractivity contribution is -0.384. The van der Waals surface area contributed by atoms with Gasteiger partial charge in [0.15, 0.2) is 18.1 Å². The number of carbonyl (C=O) groups is 4. The Bertz CT molecular complexity index is 1560. The van der Waals surface area contributed by atoms with Crippen LogP contribution in [0.25, 0.3) is 6.08 Å². The average Bonchev–Trinajstić information content (AvgIpc) is 2.91. The molecule has 40 heavy (non-hydrogen) atoms. The predicted octanol–water partition coefficient (Wildman–Crippen LogP) is 4.59. The third kappa shape index (κ3) is 6.20. The lowest BCUT2D eigenvalue weighted by Crippen LogP contribution is -2.54. The number of anilines is 2. The van der Waals surface area contributed by atoms with E-state index in [4.69, 9.17) is 32.7 Å². The lowest BCUT2D eigenvalue weighted by atomic mass is 10.1. The number of nitro benzene ring substituents is 1. The molecule has 0 saturated carbocycles. The molecule has 1 saturated heterocycles. The van der Waals surface area contributed by atoms with Crippen LogP contribution in [0.5, 0.6) is 11.5 Å². The number of hydrogen-bond donors (Lipinski definition) is 2. The second-order valence-corrected chi connectivity index (χ2v) is 8.95. The second kappa shape index (κ2) is 11.8. The number of nitrogens with one attached hydrogen (secondary N) is 2. The highest BCUT2D eigenvalue weighted by molar-refractivity contribution is 6.39. The first-order valence-electron chi connectivity index (χ1n) is 11.3. The van der Waals surface area contributed by atoms with Gasteiger partial charge in [0.1, 0.15) is 5.57 Å². The first-order valence-corrected chi connectivity index (χ1v) is 12.0. The maximum absolute atomic E-state index is 13.1. The maximum atomic E-state index is 13.1. The van der Waals surface area contributed by atoms with E-state index in [-0.39, 0.29) is 33.5 Å². The third-order valence-electron chi connectivity index (χ3n) is 5.46. The Kier molecular flexibility index (Phi) is 8.31. The minimum absolute atomic E-state index is 0.0115. The number of urea groups is 1. The normalized spacial score (nSPS) is 14.1. The van der Waals surface area contributed by atoms with Gasteiger partial charge in [-0.15, -0.1) is 0 Å². The summed E-state index contributed by atoms with van der Waals surface area (Å²) >= 11 is 12.2. The number of ether oxygens (including phenoxy) is 2. The molecule has 2 N–H and O–H groups in total. The molecule has 0 aliphatic carbocycles. The molecule has 1 aliphatic rings. The van der Waals surface area contributed by atoms with Gasteiger partial charge >= 0.3 is 6.03 Å². The van der Waals surface area contributed by atoms with Crippen LogP contribution in [-0.2, 0) is 14.4 Å². The zero-order valence-corrected chi connectivity index (χ0v) is 22.0. The van der Waals surface area contributed by atoms with Crippen molar-refractivity contribution in [2.75, 3.05) is 23.9 Å². The molecule has 3 aromatic carbocycles. The zero-order chi connectivity index (χ0) is 29.0. The molecule has 1 fully saturated rings. The number of benzene rings is 3. The van der Waals surface area contributed by atoms with E-state index in [0.29, 0.717) is 15.6 Å². The van der Waals surface area contributed by atoms with Crippen molar-refractivity contribution in [3.63, 3.8) is 0 Å². The van der Waals surface area contributed by atoms with Crippen molar-refractivity contribution in [2.45, 2.75) is 0 Å². The molecule has 0 atom stereocenters. The fourth-order valence-corrected chi connectivity index (χ4v) is 4.01. The molecule has 0 bridgehead atoms. The lowest BCUT2D eigenvalue weighted by Gasteiger charge is -2.26. The summed E-state index contributed by atoms with van der Waals surface area (Å²) in [6.07, 6.45) is 1.19. The Morgan fingerprint density at radius 1 is 1.07 bits per heavy atom. The molecule has 204 valence electrons. The molecule has 4 rings (SSSR count). The molecule has 0 radical (unpaired) electrons. The summed E-state index contributed by atoms with van der Waals surface area (Å²) in [5, 5.41) is 16.1. The Morgan fingerprint density at radius 2 is 1.75 bits per heavy atom. The summed E-state index contributed by atoms with van der Waals surface area (Å²) in [5.74, 6) is -2.25. The number of hydrogen-bond acceptors (Lipinski definition) is 8. The van der Waals surface area contributed by atoms with Crippen LogP contribution < -0.4 is 25.0 Å². The molecule has 0 spiro atoms. The smallest absolute Gasteiger partial charge is 0.335 e. The molecule has 1 aliphatic heterocycles. The average molecular weight is 585 g/mol. The summed E-state index contributed by atoms with van der Waals surface area (Å²) in [6, 6.07) is 12.9. The highest BCUT2D eigenvalue weighted by atomic mass is 35.5. The number of carbonyl (C=O) groups excluding carboxylic acids is 4. The minimum Gasteiger partial charge on any atom is -0.493 e. The maximum Gasteiger partial charge on any atom is 0.335 e. The number of methoxy groups -OCH3 is 1. The molecule has 14 heteroatoms. The van der Waals surface area contributed by atoms with Crippen molar-refractivity contribution < 1.29 is 33.6 Å². The van der Waals surface area contributed by atoms with E-state index in [1.165, 1.54) is 37.5 Å². The molecule has 3 aromatic rings. The van der Waals surface area contributed by atoms with E-state index in [2.05, 4.69) is 10.6 Å². The fourth-order valence-electron chi connectivity index (χ4n) is 3.61. The molecule has 12 nitrogen and oxygen atoms in total. The number of barbiturate groups is 1. The van der Waals surface area contributed by atoms with Crippen molar-refractivity contribution in [1.29, 1.82) is 0 Å². The van der Waals surface area contributed by atoms with Gasteiger partial charge < -0.3 is 14.8 Å². The van der Waals surface area contributed by atoms with Crippen molar-refractivity contribution in [3.05, 3.63) is 92.0 Å². The second-order valence-electron chi connectivity index (χ2n) is 8.11. The number of rotatable bonds is 8. The van der Waals surface area contributed by atoms with E-state index in [9.17, 15) is 29.3 Å². The van der Waals surface area contributed by atoms with Crippen molar-refractivity contribution >= 4 is 70.1 Å². The van der Waals surface area contributed by atoms with Gasteiger partial charge in [0.25, 0.3) is 23.4 Å². The number of nitrogens with zero attached hydrogens (tertiary/aromatic N) is 2. The summed E-state index contributed by atoms with van der Waals surface area (Å²) in [7, 11) is 1.33. The van der Waals surface area contributed by atoms with Crippen molar-refractivity contribution in [1.82, 2.24) is 5.32 Å². The van der Waals surface area contributed by atoms with Crippen LogP contribution in [0.3, 0.4) is 0 Å². The fraction of sp³-hybridized carbons (Fsp3) is 0.0769. The van der Waals surface area contributed by atoms with Crippen LogP contribution in [0.4, 0.5) is 21.9 Å². The van der Waals surface area contributed by atoms with Gasteiger partial charge in [0.05, 0.1) is 22.7 Å². The zero-order valence-electron chi connectivity index (χ0n) is 20.5. The minimum atomic E-state index is -1.02. The Morgan fingerprint density at radius 3 is 2.38 bits per heavy atom. The van der Waals surface area contributed by atoms with Gasteiger partial charge in [0, 0.05) is 22.8 Å². The van der Waals surface area contributed by atoms with Gasteiger partial charge in [0.2, 0.25) is 0 Å². The van der Waals surface area contributed by atoms with E-state index in [0.717, 1.165) is 12.1 Å². The standard InChI is InChI=1S/C26H18Cl2N4O8/c1-39-21-12-14(11-20(28)23(21)40-13-22(33)29-16-4-2-15(27)3-5-16)10-19-24(34)30-26(36)31(25(19)35)17-6-8-18(9-7-17)32(37)38/h2-12H,13H2,1H3,(H,29,33)(H,30,34,36)/b19-10+. The first kappa shape index (κ1) is 28.1. The Hall–Kier alpha value is -4.94. The van der Waals surface area contributed by atoms with Gasteiger partial charge in [-0.1, -0.05) is 23.2 Å². The van der Waals surface area contributed by atoms with Crippen LogP contribution in [0.2, 0.25) is 10.0 Å². The van der Waals surface area contributed by atoms with Gasteiger partial charge in [-0.2, -0.15) is 0 Å². The molecular weight excluding hydrogens is 567 g/mol. The van der Waals surface area contributed by atoms with Gasteiger partial charge in [-0.3, -0.25) is 29.8 Å². The first-order chi connectivity index (χ1) is 19.1. The monoisotopic (exact) mass is 584 g/mol. The highest BCUT2D eigenvalue weighted by Crippen LogP contribution is 2.37. The van der Waals surface area contributed by atoms with Crippen molar-refractivity contribution in [3.8, 4) is 11.5 Å². The largest absolute Gasteiger partial charge is 0.493 e. The number of halogens is 2. The molecular formula is C26H18Cl2N4O8. The van der Waals surface area contributed by atoms with Crippen LogP contribution in [0, 0.1) is 10.1 Å². The number of non-ortho nitro benzene ring substituents is 1. The number of imide groups is 2. The quantitative estimate of drug-likeness (QED) is 0.168. The van der Waals surface area contributed by atoms with Crippen LogP contribution in [0.1, 0.15) is 5.56 Å². The molecule has 0 unspecified atom stereocenters. The van der Waals surface area contributed by atoms with E-state index in [1.54, 1.807) is 24.3 Å². The summed E-state index contributed by atoms with van der Waals surface area (Å²) < 4.78 is 10.9. The molecule has 5 amide bonds. The van der Waals surface area contributed by atoms with Crippen molar-refractivity contribution in [2.24, 2.45) is 0 Å². The SMILES string of the molecule is COc1cc(/C=C2\C(=O)NC(=O)N(c3ccc([N+](=O)[O-])cc3)C2=O)cc(Cl)c1OCC(=O)Nc1ccc(Cl)cc1. The van der Waals surface area contributed by atoms with E-state index < -0.39 is 40.9 Å². The topological polar surface area (TPSA) is 157 Å². The molecule has 0 aromatic heterocycles. The number of nitro groups is 1. The molecule has 1 heterocycles. The van der Waals surface area contributed by atoms with Gasteiger partial charge in [-0.05, 0) is 60.2 Å². The van der Waals surface area contributed by atoms with Gasteiger partial charge in [-0.25, -0.2) is 9.69 Å². The van der Waals surface area contributed by atoms with E-state index >= 15 is 0 Å². The van der Waals surface area contributed by atoms with Crippen LogP contribution >= 0.6 is 23.2 Å². The Labute approximate surface area is 236 Å². The number of amides is 5. The Balaban J connectivity index is 1.55. The summed E-state index contributed by atoms with van der Waals surface area (Å²) in [4.78, 5) is 61.3. The van der Waals surface area contributed by atoms with Crippen LogP contribution in [0.15, 0.2) is 66.2 Å². The highest BCUT2D eigenvalue weighted by Gasteiger charge is 2.37. The third-order valence-corrected chi connectivity index (χ3v) is 5.99. The van der Waals surface area contributed by atoms with E-state index in [1.807, 2.05) is 0 Å². The summed E-state index contributed by atoms with van der Waals surface area (Å²) in [5.41, 5.74) is 0.118. The predicted molar refractivity (Wildman–Crippen MR) is 146 cm³/mol. The van der Waals surface area contributed by atoms with Crippen LogP contribution in [-0.4, -0.2) is 42.4 Å². The summed E-state index contributed by atoms with van der Waals surface area (Å²) in [6.45, 7) is -0.410.